The van der Waals surface area contributed by atoms with Crippen molar-refractivity contribution < 1.29 is 12.8 Å². The minimum atomic E-state index is -3.69. The lowest BCUT2D eigenvalue weighted by molar-refractivity contribution is 0.466. The second-order valence-electron chi connectivity index (χ2n) is 4.46. The third kappa shape index (κ3) is 3.74. The van der Waals surface area contributed by atoms with Crippen LogP contribution in [-0.2, 0) is 16.6 Å². The molecule has 112 valence electrons. The van der Waals surface area contributed by atoms with E-state index < -0.39 is 10.0 Å². The summed E-state index contributed by atoms with van der Waals surface area (Å²) in [5, 5.41) is 0.463. The van der Waals surface area contributed by atoms with Crippen LogP contribution in [0.5, 0.6) is 0 Å². The van der Waals surface area contributed by atoms with Crippen molar-refractivity contribution in [1.82, 2.24) is 4.31 Å². The molecule has 0 saturated carbocycles. The summed E-state index contributed by atoms with van der Waals surface area (Å²) < 4.78 is 38.8. The Bertz CT molecular complexity index is 748. The van der Waals surface area contributed by atoms with E-state index in [-0.39, 0.29) is 27.3 Å². The number of halogens is 3. The van der Waals surface area contributed by atoms with Crippen LogP contribution in [0.3, 0.4) is 0 Å². The zero-order valence-corrected chi connectivity index (χ0v) is 13.4. The molecule has 0 N–H and O–H groups in total. The molecule has 0 aliphatic heterocycles. The standard InChI is InChI=1S/C14H12Cl2FNO2S/c1-18(9-10-2-4-11(17)5-3-10)21(19,20)12-6-7-13(15)14(16)8-12/h2-8H,9H2,1H3. The lowest BCUT2D eigenvalue weighted by atomic mass is 10.2. The smallest absolute Gasteiger partial charge is 0.207 e. The van der Waals surface area contributed by atoms with Crippen molar-refractivity contribution in [2.45, 2.75) is 11.4 Å². The molecule has 0 unspecified atom stereocenters. The van der Waals surface area contributed by atoms with E-state index in [1.807, 2.05) is 0 Å². The predicted octanol–water partition coefficient (Wildman–Crippen LogP) is 3.95. The Morgan fingerprint density at radius 2 is 1.67 bits per heavy atom. The van der Waals surface area contributed by atoms with Crippen molar-refractivity contribution >= 4 is 33.2 Å². The van der Waals surface area contributed by atoms with Gasteiger partial charge in [-0.3, -0.25) is 0 Å². The van der Waals surface area contributed by atoms with E-state index >= 15 is 0 Å². The quantitative estimate of drug-likeness (QED) is 0.839. The third-order valence-electron chi connectivity index (χ3n) is 2.92. The van der Waals surface area contributed by atoms with Crippen molar-refractivity contribution in [1.29, 1.82) is 0 Å². The number of rotatable bonds is 4. The van der Waals surface area contributed by atoms with Gasteiger partial charge in [0.1, 0.15) is 5.82 Å². The Morgan fingerprint density at radius 1 is 1.05 bits per heavy atom. The first kappa shape index (κ1) is 16.2. The SMILES string of the molecule is CN(Cc1ccc(F)cc1)S(=O)(=O)c1ccc(Cl)c(Cl)c1. The molecule has 7 heteroatoms. The molecule has 0 spiro atoms. The van der Waals surface area contributed by atoms with E-state index in [0.29, 0.717) is 5.56 Å². The first-order valence-electron chi connectivity index (χ1n) is 5.96. The predicted molar refractivity (Wildman–Crippen MR) is 81.5 cm³/mol. The highest BCUT2D eigenvalue weighted by Crippen LogP contribution is 2.26. The molecule has 0 aliphatic rings. The zero-order chi connectivity index (χ0) is 15.6. The van der Waals surface area contributed by atoms with Crippen LogP contribution in [0.25, 0.3) is 0 Å². The molecule has 0 bridgehead atoms. The van der Waals surface area contributed by atoms with Crippen LogP contribution in [0.4, 0.5) is 4.39 Å². The molecule has 0 aliphatic carbocycles. The lowest BCUT2D eigenvalue weighted by Crippen LogP contribution is -2.26. The number of hydrogen-bond donors (Lipinski definition) is 0. The maximum atomic E-state index is 12.8. The van der Waals surface area contributed by atoms with Crippen molar-refractivity contribution in [2.75, 3.05) is 7.05 Å². The van der Waals surface area contributed by atoms with Gasteiger partial charge < -0.3 is 0 Å². The van der Waals surface area contributed by atoms with E-state index in [2.05, 4.69) is 0 Å². The van der Waals surface area contributed by atoms with Crippen LogP contribution in [0.15, 0.2) is 47.4 Å². The zero-order valence-electron chi connectivity index (χ0n) is 11.1. The van der Waals surface area contributed by atoms with Gasteiger partial charge >= 0.3 is 0 Å². The van der Waals surface area contributed by atoms with Gasteiger partial charge in [0.05, 0.1) is 14.9 Å². The van der Waals surface area contributed by atoms with Gasteiger partial charge in [0.15, 0.2) is 0 Å². The van der Waals surface area contributed by atoms with Crippen LogP contribution in [0, 0.1) is 5.82 Å². The van der Waals surface area contributed by atoms with Gasteiger partial charge in [-0.25, -0.2) is 12.8 Å². The van der Waals surface area contributed by atoms with Crippen LogP contribution >= 0.6 is 23.2 Å². The summed E-state index contributed by atoms with van der Waals surface area (Å²) in [5.74, 6) is -0.367. The minimum Gasteiger partial charge on any atom is -0.207 e. The Kier molecular flexibility index (Phi) is 4.88. The molecule has 0 amide bonds. The molecule has 0 saturated heterocycles. The number of nitrogens with zero attached hydrogens (tertiary/aromatic N) is 1. The molecule has 0 fully saturated rings. The van der Waals surface area contributed by atoms with Gasteiger partial charge in [0.25, 0.3) is 0 Å². The third-order valence-corrected chi connectivity index (χ3v) is 5.46. The summed E-state index contributed by atoms with van der Waals surface area (Å²) in [6.45, 7) is 0.128. The largest absolute Gasteiger partial charge is 0.243 e. The topological polar surface area (TPSA) is 37.4 Å². The van der Waals surface area contributed by atoms with E-state index in [9.17, 15) is 12.8 Å². The molecule has 0 aromatic heterocycles. The summed E-state index contributed by atoms with van der Waals surface area (Å²) in [4.78, 5) is 0.0570. The molecular weight excluding hydrogens is 336 g/mol. The van der Waals surface area contributed by atoms with Gasteiger partial charge in [-0.2, -0.15) is 4.31 Å². The second-order valence-corrected chi connectivity index (χ2v) is 7.32. The first-order chi connectivity index (χ1) is 9.80. The highest BCUT2D eigenvalue weighted by atomic mass is 35.5. The highest BCUT2D eigenvalue weighted by Gasteiger charge is 2.21. The van der Waals surface area contributed by atoms with Crippen molar-refractivity contribution in [3.05, 3.63) is 63.9 Å². The Hall–Kier alpha value is -1.14. The molecule has 3 nitrogen and oxygen atoms in total. The molecular formula is C14H12Cl2FNO2S. The number of benzene rings is 2. The molecule has 21 heavy (non-hydrogen) atoms. The highest BCUT2D eigenvalue weighted by molar-refractivity contribution is 7.89. The van der Waals surface area contributed by atoms with Gasteiger partial charge in [-0.1, -0.05) is 35.3 Å². The van der Waals surface area contributed by atoms with Crippen molar-refractivity contribution in [2.24, 2.45) is 0 Å². The molecule has 2 rings (SSSR count). The summed E-state index contributed by atoms with van der Waals surface area (Å²) in [6, 6.07) is 9.78. The summed E-state index contributed by atoms with van der Waals surface area (Å²) >= 11 is 11.6. The lowest BCUT2D eigenvalue weighted by Gasteiger charge is -2.17. The maximum absolute atomic E-state index is 12.8. The Morgan fingerprint density at radius 3 is 2.24 bits per heavy atom. The maximum Gasteiger partial charge on any atom is 0.243 e. The van der Waals surface area contributed by atoms with Gasteiger partial charge in [-0.05, 0) is 35.9 Å². The Labute approximate surface area is 133 Å². The fourth-order valence-electron chi connectivity index (χ4n) is 1.75. The summed E-state index contributed by atoms with van der Waals surface area (Å²) in [6.07, 6.45) is 0. The monoisotopic (exact) mass is 347 g/mol. The van der Waals surface area contributed by atoms with Crippen LogP contribution in [0.1, 0.15) is 5.56 Å². The van der Waals surface area contributed by atoms with E-state index in [1.165, 1.54) is 53.8 Å². The first-order valence-corrected chi connectivity index (χ1v) is 8.16. The average molecular weight is 348 g/mol. The fourth-order valence-corrected chi connectivity index (χ4v) is 3.30. The molecule has 2 aromatic carbocycles. The normalized spacial score (nSPS) is 11.9. The van der Waals surface area contributed by atoms with Crippen LogP contribution in [-0.4, -0.2) is 19.8 Å². The van der Waals surface area contributed by atoms with Crippen LogP contribution in [0.2, 0.25) is 10.0 Å². The van der Waals surface area contributed by atoms with Crippen LogP contribution < -0.4 is 0 Å². The summed E-state index contributed by atoms with van der Waals surface area (Å²) in [5.41, 5.74) is 0.683. The van der Waals surface area contributed by atoms with Crippen molar-refractivity contribution in [3.8, 4) is 0 Å². The van der Waals surface area contributed by atoms with Gasteiger partial charge in [-0.15, -0.1) is 0 Å². The molecule has 2 aromatic rings. The van der Waals surface area contributed by atoms with E-state index in [0.717, 1.165) is 0 Å². The van der Waals surface area contributed by atoms with Gasteiger partial charge in [0.2, 0.25) is 10.0 Å². The molecule has 0 atom stereocenters. The van der Waals surface area contributed by atoms with E-state index in [4.69, 9.17) is 23.2 Å². The molecule has 0 radical (unpaired) electrons. The van der Waals surface area contributed by atoms with Crippen molar-refractivity contribution in [3.63, 3.8) is 0 Å². The molecule has 0 heterocycles. The summed E-state index contributed by atoms with van der Waals surface area (Å²) in [7, 11) is -2.24. The van der Waals surface area contributed by atoms with E-state index in [1.54, 1.807) is 0 Å². The number of hydrogen-bond acceptors (Lipinski definition) is 2. The number of sulfonamides is 1. The van der Waals surface area contributed by atoms with Gasteiger partial charge in [0, 0.05) is 13.6 Å². The second kappa shape index (κ2) is 6.32. The Balaban J connectivity index is 2.25. The fraction of sp³-hybridized carbons (Fsp3) is 0.143. The minimum absolute atomic E-state index is 0.0570. The average Bonchev–Trinajstić information content (AvgIpc) is 2.44.